The van der Waals surface area contributed by atoms with Gasteiger partial charge in [-0.1, -0.05) is 19.3 Å². The van der Waals surface area contributed by atoms with Gasteiger partial charge in [-0.3, -0.25) is 9.59 Å². The number of methoxy groups -OCH3 is 1. The number of nitrogens with zero attached hydrogens (tertiary/aromatic N) is 1. The first-order valence-electron chi connectivity index (χ1n) is 5.49. The lowest BCUT2D eigenvalue weighted by Gasteiger charge is -2.32. The van der Waals surface area contributed by atoms with E-state index in [9.17, 15) is 9.59 Å². The lowest BCUT2D eigenvalue weighted by molar-refractivity contribution is -0.148. The van der Waals surface area contributed by atoms with Gasteiger partial charge in [0.15, 0.2) is 0 Å². The summed E-state index contributed by atoms with van der Waals surface area (Å²) in [5, 5.41) is 0. The molecule has 0 aromatic carbocycles. The Morgan fingerprint density at radius 2 is 1.87 bits per heavy atom. The van der Waals surface area contributed by atoms with E-state index in [1.54, 1.807) is 4.90 Å². The number of carbonyl (C=O) groups is 2. The van der Waals surface area contributed by atoms with Crippen LogP contribution in [0.2, 0.25) is 0 Å². The second-order valence-corrected chi connectivity index (χ2v) is 4.01. The number of rotatable bonds is 3. The Balaban J connectivity index is 2.55. The second kappa shape index (κ2) is 5.73. The van der Waals surface area contributed by atoms with E-state index < -0.39 is 0 Å². The van der Waals surface area contributed by atoms with E-state index in [1.807, 2.05) is 0 Å². The topological polar surface area (TPSA) is 46.6 Å². The fraction of sp³-hybridized carbons (Fsp3) is 0.818. The minimum atomic E-state index is -0.337. The van der Waals surface area contributed by atoms with Gasteiger partial charge in [0.05, 0.1) is 7.11 Å². The van der Waals surface area contributed by atoms with Crippen LogP contribution in [0.1, 0.15) is 39.0 Å². The molecular formula is C11H19NO3. The molecule has 1 saturated carbocycles. The summed E-state index contributed by atoms with van der Waals surface area (Å²) in [5.74, 6) is -0.372. The normalized spacial score (nSPS) is 17.2. The van der Waals surface area contributed by atoms with Crippen LogP contribution in [0.15, 0.2) is 0 Å². The van der Waals surface area contributed by atoms with Crippen LogP contribution >= 0.6 is 0 Å². The van der Waals surface area contributed by atoms with Gasteiger partial charge in [0.2, 0.25) is 5.91 Å². The third-order valence-corrected chi connectivity index (χ3v) is 2.95. The van der Waals surface area contributed by atoms with E-state index in [0.29, 0.717) is 0 Å². The maximum Gasteiger partial charge on any atom is 0.325 e. The van der Waals surface area contributed by atoms with E-state index in [-0.39, 0.29) is 24.5 Å². The summed E-state index contributed by atoms with van der Waals surface area (Å²) in [5.41, 5.74) is 0. The number of hydrogen-bond acceptors (Lipinski definition) is 3. The Morgan fingerprint density at radius 3 is 2.33 bits per heavy atom. The van der Waals surface area contributed by atoms with Gasteiger partial charge in [0.25, 0.3) is 0 Å². The third kappa shape index (κ3) is 3.53. The van der Waals surface area contributed by atoms with Gasteiger partial charge in [-0.15, -0.1) is 0 Å². The lowest BCUT2D eigenvalue weighted by atomic mass is 9.94. The molecule has 0 heterocycles. The van der Waals surface area contributed by atoms with Gasteiger partial charge < -0.3 is 9.64 Å². The number of ether oxygens (including phenoxy) is 1. The average molecular weight is 213 g/mol. The van der Waals surface area contributed by atoms with Gasteiger partial charge in [-0.05, 0) is 12.8 Å². The zero-order valence-electron chi connectivity index (χ0n) is 9.49. The number of carbonyl (C=O) groups excluding carboxylic acids is 2. The monoisotopic (exact) mass is 213 g/mol. The van der Waals surface area contributed by atoms with Gasteiger partial charge in [0, 0.05) is 13.0 Å². The SMILES string of the molecule is COC(=O)CN(C(C)=O)C1CCCCC1. The van der Waals surface area contributed by atoms with Gasteiger partial charge in [0.1, 0.15) is 6.54 Å². The molecule has 0 spiro atoms. The van der Waals surface area contributed by atoms with Crippen LogP contribution in [0.25, 0.3) is 0 Å². The summed E-state index contributed by atoms with van der Waals surface area (Å²) in [6.45, 7) is 1.61. The Hall–Kier alpha value is -1.06. The molecule has 0 aromatic heterocycles. The van der Waals surface area contributed by atoms with E-state index in [2.05, 4.69) is 4.74 Å². The quantitative estimate of drug-likeness (QED) is 0.665. The highest BCUT2D eigenvalue weighted by molar-refractivity contribution is 5.80. The zero-order valence-corrected chi connectivity index (χ0v) is 9.49. The summed E-state index contributed by atoms with van der Waals surface area (Å²) >= 11 is 0. The van der Waals surface area contributed by atoms with Crippen LogP contribution in [-0.4, -0.2) is 36.5 Å². The first-order valence-corrected chi connectivity index (χ1v) is 5.49. The third-order valence-electron chi connectivity index (χ3n) is 2.95. The highest BCUT2D eigenvalue weighted by Gasteiger charge is 2.25. The predicted molar refractivity (Wildman–Crippen MR) is 56.3 cm³/mol. The summed E-state index contributed by atoms with van der Waals surface area (Å²) < 4.78 is 4.59. The number of amides is 1. The molecule has 1 fully saturated rings. The summed E-state index contributed by atoms with van der Waals surface area (Å²) in [6, 6.07) is 0.232. The van der Waals surface area contributed by atoms with Gasteiger partial charge in [-0.2, -0.15) is 0 Å². The summed E-state index contributed by atoms with van der Waals surface area (Å²) in [6.07, 6.45) is 5.55. The highest BCUT2D eigenvalue weighted by atomic mass is 16.5. The van der Waals surface area contributed by atoms with E-state index in [4.69, 9.17) is 0 Å². The van der Waals surface area contributed by atoms with Crippen molar-refractivity contribution in [2.24, 2.45) is 0 Å². The second-order valence-electron chi connectivity index (χ2n) is 4.01. The van der Waals surface area contributed by atoms with E-state index >= 15 is 0 Å². The molecule has 0 bridgehead atoms. The minimum Gasteiger partial charge on any atom is -0.468 e. The Bertz CT molecular complexity index is 234. The molecule has 0 aliphatic heterocycles. The maximum atomic E-state index is 11.4. The van der Waals surface area contributed by atoms with E-state index in [1.165, 1.54) is 20.5 Å². The molecule has 15 heavy (non-hydrogen) atoms. The molecule has 0 atom stereocenters. The van der Waals surface area contributed by atoms with Crippen molar-refractivity contribution in [3.8, 4) is 0 Å². The van der Waals surface area contributed by atoms with Crippen molar-refractivity contribution in [3.05, 3.63) is 0 Å². The Morgan fingerprint density at radius 1 is 1.27 bits per heavy atom. The summed E-state index contributed by atoms with van der Waals surface area (Å²) in [4.78, 5) is 24.2. The van der Waals surface area contributed by atoms with Crippen molar-refractivity contribution in [2.45, 2.75) is 45.1 Å². The molecular weight excluding hydrogens is 194 g/mol. The van der Waals surface area contributed by atoms with Gasteiger partial charge in [-0.25, -0.2) is 0 Å². The highest BCUT2D eigenvalue weighted by Crippen LogP contribution is 2.22. The molecule has 0 aromatic rings. The molecule has 1 amide bonds. The average Bonchev–Trinajstić information content (AvgIpc) is 2.26. The van der Waals surface area contributed by atoms with Gasteiger partial charge >= 0.3 is 5.97 Å². The zero-order chi connectivity index (χ0) is 11.3. The van der Waals surface area contributed by atoms with E-state index in [0.717, 1.165) is 25.7 Å². The van der Waals surface area contributed by atoms with Crippen LogP contribution in [0.4, 0.5) is 0 Å². The molecule has 4 nitrogen and oxygen atoms in total. The minimum absolute atomic E-state index is 0.0349. The molecule has 1 aliphatic rings. The Kier molecular flexibility index (Phi) is 4.59. The molecule has 0 N–H and O–H groups in total. The molecule has 1 aliphatic carbocycles. The standard InChI is InChI=1S/C11H19NO3/c1-9(13)12(8-11(14)15-2)10-6-4-3-5-7-10/h10H,3-8H2,1-2H3. The molecule has 1 rings (SSSR count). The largest absolute Gasteiger partial charge is 0.468 e. The van der Waals surface area contributed by atoms with Crippen LogP contribution < -0.4 is 0 Å². The molecule has 4 heteroatoms. The molecule has 86 valence electrons. The van der Waals surface area contributed by atoms with Crippen molar-refractivity contribution in [3.63, 3.8) is 0 Å². The fourth-order valence-electron chi connectivity index (χ4n) is 2.09. The molecule has 0 saturated heterocycles. The smallest absolute Gasteiger partial charge is 0.325 e. The number of esters is 1. The number of hydrogen-bond donors (Lipinski definition) is 0. The summed E-state index contributed by atoms with van der Waals surface area (Å²) in [7, 11) is 1.35. The van der Waals surface area contributed by atoms with Crippen molar-refractivity contribution in [1.29, 1.82) is 0 Å². The first-order chi connectivity index (χ1) is 7.15. The fourth-order valence-corrected chi connectivity index (χ4v) is 2.09. The first kappa shape index (κ1) is 12.0. The Labute approximate surface area is 90.6 Å². The van der Waals surface area contributed by atoms with Crippen LogP contribution in [0.3, 0.4) is 0 Å². The van der Waals surface area contributed by atoms with Crippen molar-refractivity contribution in [2.75, 3.05) is 13.7 Å². The predicted octanol–water partition coefficient (Wildman–Crippen LogP) is 1.34. The van der Waals surface area contributed by atoms with Crippen LogP contribution in [0, 0.1) is 0 Å². The van der Waals surface area contributed by atoms with Crippen molar-refractivity contribution < 1.29 is 14.3 Å². The lowest BCUT2D eigenvalue weighted by Crippen LogP contribution is -2.43. The molecule has 0 unspecified atom stereocenters. The van der Waals surface area contributed by atoms with Crippen LogP contribution in [-0.2, 0) is 14.3 Å². The van der Waals surface area contributed by atoms with Crippen LogP contribution in [0.5, 0.6) is 0 Å². The molecule has 0 radical (unpaired) electrons. The van der Waals surface area contributed by atoms with Crippen molar-refractivity contribution >= 4 is 11.9 Å². The van der Waals surface area contributed by atoms with Crippen molar-refractivity contribution in [1.82, 2.24) is 4.90 Å². The maximum absolute atomic E-state index is 11.4.